The quantitative estimate of drug-likeness (QED) is 0.729. The van der Waals surface area contributed by atoms with Gasteiger partial charge in [-0.2, -0.15) is 13.2 Å². The lowest BCUT2D eigenvalue weighted by atomic mass is 10.1. The molecule has 0 aliphatic heterocycles. The third-order valence-electron chi connectivity index (χ3n) is 2.94. The molecule has 3 nitrogen and oxygen atoms in total. The molecular formula is C14H9F3N2O. The zero-order valence-corrected chi connectivity index (χ0v) is 10.1. The molecule has 2 heterocycles. The van der Waals surface area contributed by atoms with Crippen LogP contribution in [0.2, 0.25) is 0 Å². The number of nitrogens with zero attached hydrogens (tertiary/aromatic N) is 1. The van der Waals surface area contributed by atoms with Crippen molar-refractivity contribution in [3.8, 4) is 11.3 Å². The van der Waals surface area contributed by atoms with Gasteiger partial charge in [-0.1, -0.05) is 6.07 Å². The zero-order valence-electron chi connectivity index (χ0n) is 10.1. The van der Waals surface area contributed by atoms with E-state index in [-0.39, 0.29) is 11.0 Å². The Morgan fingerprint density at radius 2 is 1.90 bits per heavy atom. The molecule has 0 saturated heterocycles. The molecule has 3 aromatic rings. The first-order valence-electron chi connectivity index (χ1n) is 5.77. The molecule has 0 atom stereocenters. The van der Waals surface area contributed by atoms with Crippen molar-refractivity contribution in [1.82, 2.24) is 4.98 Å². The number of halogens is 3. The Bertz CT molecular complexity index is 760. The number of hydrogen-bond donors (Lipinski definition) is 1. The molecule has 102 valence electrons. The van der Waals surface area contributed by atoms with Gasteiger partial charge >= 0.3 is 6.18 Å². The van der Waals surface area contributed by atoms with Crippen molar-refractivity contribution in [2.24, 2.45) is 0 Å². The minimum Gasteiger partial charge on any atom is -0.456 e. The first-order chi connectivity index (χ1) is 9.45. The van der Waals surface area contributed by atoms with Gasteiger partial charge in [-0.3, -0.25) is 0 Å². The Balaban J connectivity index is 2.18. The number of nitrogen functional groups attached to an aromatic ring is 1. The van der Waals surface area contributed by atoms with E-state index in [4.69, 9.17) is 10.2 Å². The Labute approximate surface area is 111 Å². The van der Waals surface area contributed by atoms with Crippen LogP contribution in [0.15, 0.2) is 47.0 Å². The van der Waals surface area contributed by atoms with E-state index in [1.165, 1.54) is 24.4 Å². The highest BCUT2D eigenvalue weighted by Crippen LogP contribution is 2.37. The van der Waals surface area contributed by atoms with Gasteiger partial charge in [-0.05, 0) is 30.3 Å². The summed E-state index contributed by atoms with van der Waals surface area (Å²) in [5.41, 5.74) is 5.52. The molecule has 2 N–H and O–H groups in total. The summed E-state index contributed by atoms with van der Waals surface area (Å²) in [5, 5.41) is 0.0341. The van der Waals surface area contributed by atoms with Crippen LogP contribution >= 0.6 is 0 Å². The monoisotopic (exact) mass is 278 g/mol. The van der Waals surface area contributed by atoms with Crippen LogP contribution in [-0.2, 0) is 6.18 Å². The van der Waals surface area contributed by atoms with Crippen LogP contribution < -0.4 is 5.73 Å². The van der Waals surface area contributed by atoms with Crippen LogP contribution in [0.3, 0.4) is 0 Å². The van der Waals surface area contributed by atoms with Crippen molar-refractivity contribution in [2.75, 3.05) is 5.73 Å². The lowest BCUT2D eigenvalue weighted by Gasteiger charge is -2.06. The summed E-state index contributed by atoms with van der Waals surface area (Å²) < 4.78 is 44.2. The second-order valence-electron chi connectivity index (χ2n) is 4.30. The highest BCUT2D eigenvalue weighted by atomic mass is 19.4. The predicted octanol–water partition coefficient (Wildman–Crippen LogP) is 4.10. The van der Waals surface area contributed by atoms with E-state index in [2.05, 4.69) is 4.98 Å². The van der Waals surface area contributed by atoms with Crippen molar-refractivity contribution in [3.63, 3.8) is 0 Å². The van der Waals surface area contributed by atoms with Gasteiger partial charge in [-0.25, -0.2) is 4.98 Å². The summed E-state index contributed by atoms with van der Waals surface area (Å²) in [5.74, 6) is 0.657. The minimum absolute atomic E-state index is 0.0341. The summed E-state index contributed by atoms with van der Waals surface area (Å²) in [7, 11) is 0. The van der Waals surface area contributed by atoms with Crippen LogP contribution in [0.1, 0.15) is 5.56 Å². The average molecular weight is 278 g/mol. The molecule has 1 aromatic carbocycles. The van der Waals surface area contributed by atoms with E-state index in [0.717, 1.165) is 6.07 Å². The smallest absolute Gasteiger partial charge is 0.417 e. The molecule has 0 aliphatic rings. The van der Waals surface area contributed by atoms with Gasteiger partial charge in [0, 0.05) is 17.1 Å². The van der Waals surface area contributed by atoms with E-state index in [0.29, 0.717) is 17.1 Å². The van der Waals surface area contributed by atoms with Gasteiger partial charge in [0.25, 0.3) is 0 Å². The van der Waals surface area contributed by atoms with Crippen LogP contribution in [0.25, 0.3) is 22.3 Å². The lowest BCUT2D eigenvalue weighted by Crippen LogP contribution is -2.04. The fourth-order valence-corrected chi connectivity index (χ4v) is 2.00. The van der Waals surface area contributed by atoms with Crippen LogP contribution in [-0.4, -0.2) is 4.98 Å². The summed E-state index contributed by atoms with van der Waals surface area (Å²) in [6.45, 7) is 0. The summed E-state index contributed by atoms with van der Waals surface area (Å²) in [4.78, 5) is 3.89. The van der Waals surface area contributed by atoms with Crippen molar-refractivity contribution < 1.29 is 17.6 Å². The highest BCUT2D eigenvalue weighted by Gasteiger charge is 2.33. The molecule has 0 unspecified atom stereocenters. The van der Waals surface area contributed by atoms with Gasteiger partial charge in [0.05, 0.1) is 5.56 Å². The van der Waals surface area contributed by atoms with Gasteiger partial charge in [-0.15, -0.1) is 0 Å². The summed E-state index contributed by atoms with van der Waals surface area (Å²) in [6, 6.07) is 8.42. The molecule has 2 aromatic heterocycles. The Kier molecular flexibility index (Phi) is 2.67. The number of aromatic nitrogens is 1. The molecule has 0 fully saturated rings. The molecule has 0 aliphatic carbocycles. The number of anilines is 1. The fourth-order valence-electron chi connectivity index (χ4n) is 2.00. The standard InChI is InChI=1S/C14H9F3N2O/c15-14(16,17)10-2-1-3-11-9(10)6-12(20-11)8-4-5-13(18)19-7-8/h1-7H,(H2,18,19). The second-order valence-corrected chi connectivity index (χ2v) is 4.30. The number of furan rings is 1. The normalized spacial score (nSPS) is 11.9. The number of benzene rings is 1. The molecule has 6 heteroatoms. The first-order valence-corrected chi connectivity index (χ1v) is 5.77. The highest BCUT2D eigenvalue weighted by molar-refractivity contribution is 5.86. The number of hydrogen-bond acceptors (Lipinski definition) is 3. The van der Waals surface area contributed by atoms with Crippen LogP contribution in [0, 0.1) is 0 Å². The van der Waals surface area contributed by atoms with Crippen molar-refractivity contribution in [2.45, 2.75) is 6.18 Å². The van der Waals surface area contributed by atoms with Crippen molar-refractivity contribution in [3.05, 3.63) is 48.2 Å². The number of nitrogens with two attached hydrogens (primary N) is 1. The molecular weight excluding hydrogens is 269 g/mol. The summed E-state index contributed by atoms with van der Waals surface area (Å²) >= 11 is 0. The van der Waals surface area contributed by atoms with E-state index in [9.17, 15) is 13.2 Å². The number of alkyl halides is 3. The second kappa shape index (κ2) is 4.26. The van der Waals surface area contributed by atoms with Gasteiger partial charge in [0.2, 0.25) is 0 Å². The van der Waals surface area contributed by atoms with E-state index >= 15 is 0 Å². The van der Waals surface area contributed by atoms with Crippen LogP contribution in [0.4, 0.5) is 19.0 Å². The topological polar surface area (TPSA) is 52.0 Å². The van der Waals surface area contributed by atoms with E-state index in [1.807, 2.05) is 0 Å². The maximum Gasteiger partial charge on any atom is 0.417 e. The molecule has 0 amide bonds. The molecule has 0 bridgehead atoms. The maximum atomic E-state index is 12.9. The van der Waals surface area contributed by atoms with Gasteiger partial charge < -0.3 is 10.2 Å². The molecule has 3 rings (SSSR count). The van der Waals surface area contributed by atoms with Gasteiger partial charge in [0.15, 0.2) is 0 Å². The number of fused-ring (bicyclic) bond motifs is 1. The van der Waals surface area contributed by atoms with E-state index < -0.39 is 11.7 Å². The maximum absolute atomic E-state index is 12.9. The average Bonchev–Trinajstić information content (AvgIpc) is 2.81. The molecule has 0 radical (unpaired) electrons. The third-order valence-corrected chi connectivity index (χ3v) is 2.94. The first kappa shape index (κ1) is 12.5. The Morgan fingerprint density at radius 3 is 2.55 bits per heavy atom. The zero-order chi connectivity index (χ0) is 14.3. The Hall–Kier alpha value is -2.50. The number of rotatable bonds is 1. The minimum atomic E-state index is -4.42. The SMILES string of the molecule is Nc1ccc(-c2cc3c(C(F)(F)F)cccc3o2)cn1. The van der Waals surface area contributed by atoms with Gasteiger partial charge in [0.1, 0.15) is 17.2 Å². The van der Waals surface area contributed by atoms with Crippen molar-refractivity contribution in [1.29, 1.82) is 0 Å². The molecule has 0 saturated carbocycles. The fraction of sp³-hybridized carbons (Fsp3) is 0.0714. The van der Waals surface area contributed by atoms with Crippen molar-refractivity contribution >= 4 is 16.8 Å². The molecule has 0 spiro atoms. The molecule has 20 heavy (non-hydrogen) atoms. The third kappa shape index (κ3) is 2.09. The van der Waals surface area contributed by atoms with E-state index in [1.54, 1.807) is 12.1 Å². The Morgan fingerprint density at radius 1 is 1.10 bits per heavy atom. The predicted molar refractivity (Wildman–Crippen MR) is 68.9 cm³/mol. The summed E-state index contributed by atoms with van der Waals surface area (Å²) in [6.07, 6.45) is -2.96. The largest absolute Gasteiger partial charge is 0.456 e. The lowest BCUT2D eigenvalue weighted by molar-refractivity contribution is -0.136. The number of pyridine rings is 1. The van der Waals surface area contributed by atoms with Crippen LogP contribution in [0.5, 0.6) is 0 Å².